The zero-order chi connectivity index (χ0) is 21.3. The lowest BCUT2D eigenvalue weighted by Crippen LogP contribution is -2.14. The quantitative estimate of drug-likeness (QED) is 0.393. The Hall–Kier alpha value is -3.11. The summed E-state index contributed by atoms with van der Waals surface area (Å²) in [6.07, 6.45) is 0.0675. The number of aromatic nitrogens is 1. The first-order chi connectivity index (χ1) is 14.4. The molecule has 0 bridgehead atoms. The summed E-state index contributed by atoms with van der Waals surface area (Å²) >= 11 is 4.19. The molecule has 2 aromatic carbocycles. The second-order valence-corrected chi connectivity index (χ2v) is 8.05. The maximum absolute atomic E-state index is 13.3. The highest BCUT2D eigenvalue weighted by molar-refractivity contribution is 9.10. The van der Waals surface area contributed by atoms with Gasteiger partial charge in [0.25, 0.3) is 5.91 Å². The number of carbonyl (C=O) groups excluding carboxylic acids is 2. The lowest BCUT2D eigenvalue weighted by molar-refractivity contribution is -0.115. The zero-order valence-electron chi connectivity index (χ0n) is 15.0. The van der Waals surface area contributed by atoms with Crippen molar-refractivity contribution in [1.29, 1.82) is 0 Å². The Morgan fingerprint density at radius 1 is 1.03 bits per heavy atom. The second kappa shape index (κ2) is 8.33. The van der Waals surface area contributed by atoms with Crippen LogP contribution in [0.25, 0.3) is 10.2 Å². The Morgan fingerprint density at radius 3 is 2.47 bits per heavy atom. The monoisotopic (exact) mass is 491 g/mol. The van der Waals surface area contributed by atoms with Gasteiger partial charge in [-0.1, -0.05) is 23.5 Å². The fourth-order valence-corrected chi connectivity index (χ4v) is 3.86. The van der Waals surface area contributed by atoms with Crippen LogP contribution < -0.4 is 10.6 Å². The number of benzene rings is 2. The summed E-state index contributed by atoms with van der Waals surface area (Å²) in [5.41, 5.74) is 1.54. The van der Waals surface area contributed by atoms with Crippen LogP contribution in [-0.4, -0.2) is 16.8 Å². The number of thiazole rings is 1. The molecule has 152 valence electrons. The molecule has 6 nitrogen and oxygen atoms in total. The molecule has 0 saturated carbocycles. The molecule has 0 aliphatic carbocycles. The van der Waals surface area contributed by atoms with E-state index in [2.05, 4.69) is 31.5 Å². The normalized spacial score (nSPS) is 10.9. The van der Waals surface area contributed by atoms with Gasteiger partial charge in [0, 0.05) is 11.8 Å². The summed E-state index contributed by atoms with van der Waals surface area (Å²) in [7, 11) is 0. The average Bonchev–Trinajstić information content (AvgIpc) is 3.29. The third-order valence-corrected chi connectivity index (χ3v) is 5.41. The first-order valence-electron chi connectivity index (χ1n) is 8.58. The molecule has 0 fully saturated rings. The number of nitrogens with zero attached hydrogens (tertiary/aromatic N) is 1. The van der Waals surface area contributed by atoms with Gasteiger partial charge in [-0.2, -0.15) is 0 Å². The first-order valence-corrected chi connectivity index (χ1v) is 10.2. The summed E-state index contributed by atoms with van der Waals surface area (Å²) in [6.45, 7) is 0. The summed E-state index contributed by atoms with van der Waals surface area (Å²) in [5.74, 6) is -2.50. The average molecular weight is 492 g/mol. The van der Waals surface area contributed by atoms with Crippen LogP contribution in [0.2, 0.25) is 0 Å². The van der Waals surface area contributed by atoms with Crippen molar-refractivity contribution in [2.24, 2.45) is 0 Å². The molecule has 2 heterocycles. The summed E-state index contributed by atoms with van der Waals surface area (Å²) in [6, 6.07) is 12.0. The lowest BCUT2D eigenvalue weighted by Gasteiger charge is -2.05. The Morgan fingerprint density at radius 2 is 1.77 bits per heavy atom. The molecule has 0 aliphatic rings. The van der Waals surface area contributed by atoms with Gasteiger partial charge in [0.1, 0.15) is 0 Å². The fraction of sp³-hybridized carbons (Fsp3) is 0.0500. The molecule has 0 unspecified atom stereocenters. The Balaban J connectivity index is 1.37. The highest BCUT2D eigenvalue weighted by Crippen LogP contribution is 2.28. The van der Waals surface area contributed by atoms with Gasteiger partial charge in [0.2, 0.25) is 5.91 Å². The molecule has 0 radical (unpaired) electrons. The van der Waals surface area contributed by atoms with E-state index in [-0.39, 0.29) is 28.7 Å². The maximum atomic E-state index is 13.3. The topological polar surface area (TPSA) is 84.2 Å². The van der Waals surface area contributed by atoms with Gasteiger partial charge in [-0.25, -0.2) is 13.8 Å². The van der Waals surface area contributed by atoms with Crippen molar-refractivity contribution in [2.75, 3.05) is 10.6 Å². The number of rotatable bonds is 5. The van der Waals surface area contributed by atoms with Crippen molar-refractivity contribution in [3.63, 3.8) is 0 Å². The summed E-state index contributed by atoms with van der Waals surface area (Å²) in [5, 5.41) is 5.58. The largest absolute Gasteiger partial charge is 0.444 e. The minimum Gasteiger partial charge on any atom is -0.444 e. The molecule has 0 saturated heterocycles. The standard InChI is InChI=1S/C20H12BrF2N3O3S/c21-17-6-5-15(29-17)19(28)24-11-3-1-10(2-4-11)7-18(27)26-20-25-14-8-12(22)13(23)9-16(14)30-20/h1-6,8-9H,7H2,(H,24,28)(H,25,26,27). The number of anilines is 2. The minimum absolute atomic E-state index is 0.0675. The second-order valence-electron chi connectivity index (χ2n) is 6.23. The molecule has 0 spiro atoms. The molecular formula is C20H12BrF2N3O3S. The van der Waals surface area contributed by atoms with Crippen molar-refractivity contribution < 1.29 is 22.8 Å². The van der Waals surface area contributed by atoms with Crippen LogP contribution in [0.15, 0.2) is 57.6 Å². The van der Waals surface area contributed by atoms with E-state index in [4.69, 9.17) is 4.42 Å². The van der Waals surface area contributed by atoms with Crippen LogP contribution in [0.1, 0.15) is 16.1 Å². The number of fused-ring (bicyclic) bond motifs is 1. The van der Waals surface area contributed by atoms with Crippen LogP contribution >= 0.6 is 27.3 Å². The van der Waals surface area contributed by atoms with Crippen molar-refractivity contribution in [3.05, 3.63) is 76.2 Å². The number of furan rings is 1. The molecule has 30 heavy (non-hydrogen) atoms. The van der Waals surface area contributed by atoms with E-state index in [1.54, 1.807) is 36.4 Å². The maximum Gasteiger partial charge on any atom is 0.291 e. The third kappa shape index (κ3) is 4.55. The SMILES string of the molecule is O=C(Cc1ccc(NC(=O)c2ccc(Br)o2)cc1)Nc1nc2cc(F)c(F)cc2s1. The van der Waals surface area contributed by atoms with Gasteiger partial charge in [-0.3, -0.25) is 9.59 Å². The molecule has 2 amide bonds. The number of carbonyl (C=O) groups is 2. The van der Waals surface area contributed by atoms with Crippen LogP contribution in [0.4, 0.5) is 19.6 Å². The minimum atomic E-state index is -0.988. The van der Waals surface area contributed by atoms with E-state index in [0.717, 1.165) is 23.5 Å². The van der Waals surface area contributed by atoms with Crippen molar-refractivity contribution >= 4 is 60.1 Å². The van der Waals surface area contributed by atoms with Crippen LogP contribution in [0, 0.1) is 11.6 Å². The molecular weight excluding hydrogens is 480 g/mol. The van der Waals surface area contributed by atoms with E-state index in [0.29, 0.717) is 20.6 Å². The predicted molar refractivity (Wildman–Crippen MR) is 113 cm³/mol. The number of hydrogen-bond acceptors (Lipinski definition) is 5. The molecule has 4 rings (SSSR count). The highest BCUT2D eigenvalue weighted by atomic mass is 79.9. The van der Waals surface area contributed by atoms with Crippen LogP contribution in [0.5, 0.6) is 0 Å². The number of hydrogen-bond donors (Lipinski definition) is 2. The van der Waals surface area contributed by atoms with E-state index < -0.39 is 17.5 Å². The molecule has 4 aromatic rings. The molecule has 0 aliphatic heterocycles. The van der Waals surface area contributed by atoms with E-state index in [1.807, 2.05) is 0 Å². The van der Waals surface area contributed by atoms with E-state index in [9.17, 15) is 18.4 Å². The van der Waals surface area contributed by atoms with E-state index >= 15 is 0 Å². The third-order valence-electron chi connectivity index (χ3n) is 4.05. The van der Waals surface area contributed by atoms with Crippen molar-refractivity contribution in [1.82, 2.24) is 4.98 Å². The fourth-order valence-electron chi connectivity index (χ4n) is 2.66. The van der Waals surface area contributed by atoms with Crippen LogP contribution in [-0.2, 0) is 11.2 Å². The lowest BCUT2D eigenvalue weighted by atomic mass is 10.1. The smallest absolute Gasteiger partial charge is 0.291 e. The zero-order valence-corrected chi connectivity index (χ0v) is 17.4. The van der Waals surface area contributed by atoms with Gasteiger partial charge >= 0.3 is 0 Å². The van der Waals surface area contributed by atoms with Crippen LogP contribution in [0.3, 0.4) is 0 Å². The van der Waals surface area contributed by atoms with Gasteiger partial charge < -0.3 is 15.1 Å². The highest BCUT2D eigenvalue weighted by Gasteiger charge is 2.13. The molecule has 0 atom stereocenters. The number of halogens is 3. The Bertz CT molecular complexity index is 1220. The van der Waals surface area contributed by atoms with E-state index in [1.165, 1.54) is 0 Å². The summed E-state index contributed by atoms with van der Waals surface area (Å²) < 4.78 is 32.7. The van der Waals surface area contributed by atoms with Crippen molar-refractivity contribution in [2.45, 2.75) is 6.42 Å². The Labute approximate surface area is 181 Å². The number of nitrogens with one attached hydrogen (secondary N) is 2. The summed E-state index contributed by atoms with van der Waals surface area (Å²) in [4.78, 5) is 28.4. The molecule has 2 N–H and O–H groups in total. The number of amides is 2. The van der Waals surface area contributed by atoms with Gasteiger partial charge in [0.15, 0.2) is 27.2 Å². The van der Waals surface area contributed by atoms with Gasteiger partial charge in [0.05, 0.1) is 16.6 Å². The van der Waals surface area contributed by atoms with Gasteiger partial charge in [-0.15, -0.1) is 0 Å². The van der Waals surface area contributed by atoms with Crippen molar-refractivity contribution in [3.8, 4) is 0 Å². The first kappa shape index (κ1) is 20.2. The Kier molecular flexibility index (Phi) is 5.60. The molecule has 2 aromatic heterocycles. The van der Waals surface area contributed by atoms with Gasteiger partial charge in [-0.05, 0) is 51.8 Å². The molecule has 10 heteroatoms. The predicted octanol–water partition coefficient (Wildman–Crippen LogP) is 5.36.